The molecule has 3 amide bonds. The van der Waals surface area contributed by atoms with Crippen LogP contribution < -0.4 is 19.5 Å². The molecule has 11 heteroatoms. The van der Waals surface area contributed by atoms with Gasteiger partial charge in [-0.15, -0.1) is 0 Å². The molecule has 3 aromatic carbocycles. The van der Waals surface area contributed by atoms with Crippen molar-refractivity contribution in [3.8, 4) is 17.2 Å². The first kappa shape index (κ1) is 30.6. The van der Waals surface area contributed by atoms with Gasteiger partial charge in [-0.25, -0.2) is 13.6 Å². The molecule has 8 nitrogen and oxygen atoms in total. The monoisotopic (exact) mass is 599 g/mol. The zero-order chi connectivity index (χ0) is 30.4. The Kier molecular flexibility index (Phi) is 9.90. The second kappa shape index (κ2) is 13.6. The van der Waals surface area contributed by atoms with Crippen molar-refractivity contribution >= 4 is 23.5 Å². The van der Waals surface area contributed by atoms with Gasteiger partial charge in [0.05, 0.1) is 32.4 Å². The molecular weight excluding hydrogens is 568 g/mol. The number of amides is 3. The summed E-state index contributed by atoms with van der Waals surface area (Å²) in [7, 11) is 4.38. The molecule has 0 aliphatic carbocycles. The van der Waals surface area contributed by atoms with Crippen LogP contribution in [0.5, 0.6) is 17.2 Å². The highest BCUT2D eigenvalue weighted by Gasteiger charge is 2.38. The minimum Gasteiger partial charge on any atom is -0.493 e. The molecule has 1 N–H and O–H groups in total. The number of nitrogens with zero attached hydrogens (tertiary/aromatic N) is 2. The average molecular weight is 600 g/mol. The average Bonchev–Trinajstić information content (AvgIpc) is 2.98. The summed E-state index contributed by atoms with van der Waals surface area (Å²) < 4.78 is 42.0. The Morgan fingerprint density at radius 3 is 2.26 bits per heavy atom. The number of allylic oxidation sites excluding steroid dienone is 1. The molecular formula is C31H32ClF2N3O5. The van der Waals surface area contributed by atoms with Gasteiger partial charge in [0, 0.05) is 24.3 Å². The minimum absolute atomic E-state index is 0.0127. The number of urea groups is 1. The van der Waals surface area contributed by atoms with Crippen LogP contribution in [0.15, 0.2) is 78.0 Å². The molecule has 4 rings (SSSR count). The van der Waals surface area contributed by atoms with Gasteiger partial charge in [0.15, 0.2) is 11.5 Å². The predicted octanol–water partition coefficient (Wildman–Crippen LogP) is 6.20. The van der Waals surface area contributed by atoms with Gasteiger partial charge in [-0.2, -0.15) is 0 Å². The third kappa shape index (κ3) is 6.76. The van der Waals surface area contributed by atoms with Gasteiger partial charge in [0.1, 0.15) is 6.61 Å². The van der Waals surface area contributed by atoms with Crippen molar-refractivity contribution in [2.75, 3.05) is 27.9 Å². The quantitative estimate of drug-likeness (QED) is 0.284. The molecule has 1 aliphatic rings. The van der Waals surface area contributed by atoms with E-state index in [9.17, 15) is 18.4 Å². The molecule has 1 atom stereocenters. The Morgan fingerprint density at radius 2 is 1.67 bits per heavy atom. The number of carbonyl (C=O) groups excluding carboxylic acids is 2. The van der Waals surface area contributed by atoms with Gasteiger partial charge in [0.2, 0.25) is 5.75 Å². The van der Waals surface area contributed by atoms with Crippen LogP contribution in [-0.4, -0.2) is 56.0 Å². The van der Waals surface area contributed by atoms with E-state index in [2.05, 4.69) is 5.32 Å². The lowest BCUT2D eigenvalue weighted by atomic mass is 9.92. The summed E-state index contributed by atoms with van der Waals surface area (Å²) in [6.45, 7) is 1.32. The van der Waals surface area contributed by atoms with E-state index in [0.717, 1.165) is 11.1 Å². The SMILES string of the molecule is COc1cc(C2NC(=O)N(Cc3ccccc3)C(C)=C2C(=O)N(C)Cc2ccccc2Cl)cc(OC)c1OCC(F)F. The lowest BCUT2D eigenvalue weighted by Crippen LogP contribution is -2.49. The van der Waals surface area contributed by atoms with E-state index >= 15 is 0 Å². The molecule has 3 aromatic rings. The smallest absolute Gasteiger partial charge is 0.322 e. The Balaban J connectivity index is 1.80. The fourth-order valence-corrected chi connectivity index (χ4v) is 4.98. The Morgan fingerprint density at radius 1 is 1.05 bits per heavy atom. The largest absolute Gasteiger partial charge is 0.493 e. The van der Waals surface area contributed by atoms with Crippen LogP contribution in [0.25, 0.3) is 0 Å². The standard InChI is InChI=1S/C31H32ClF2N3O5/c1-19-27(30(38)36(2)17-21-12-8-9-13-23(21)32)28(35-31(39)37(19)16-20-10-6-5-7-11-20)22-14-24(40-3)29(25(15-22)41-4)42-18-26(33)34/h5-15,26,28H,16-18H2,1-4H3,(H,35,39). The van der Waals surface area contributed by atoms with Crippen LogP contribution in [0, 0.1) is 0 Å². The number of halogens is 3. The molecule has 0 fully saturated rings. The number of rotatable bonds is 11. The molecule has 0 saturated heterocycles. The fourth-order valence-electron chi connectivity index (χ4n) is 4.78. The molecule has 0 spiro atoms. The van der Waals surface area contributed by atoms with E-state index in [1.165, 1.54) is 36.2 Å². The van der Waals surface area contributed by atoms with Gasteiger partial charge in [0.25, 0.3) is 12.3 Å². The number of hydrogen-bond donors (Lipinski definition) is 1. The summed E-state index contributed by atoms with van der Waals surface area (Å²) in [5, 5.41) is 3.47. The normalized spacial score (nSPS) is 15.0. The first-order valence-corrected chi connectivity index (χ1v) is 13.5. The molecule has 0 aromatic heterocycles. The van der Waals surface area contributed by atoms with Crippen molar-refractivity contribution in [2.24, 2.45) is 0 Å². The second-order valence-electron chi connectivity index (χ2n) is 9.66. The Bertz CT molecular complexity index is 1440. The van der Waals surface area contributed by atoms with Crippen molar-refractivity contribution in [1.29, 1.82) is 0 Å². The molecule has 0 saturated carbocycles. The maximum atomic E-state index is 14.1. The van der Waals surface area contributed by atoms with Crippen LogP contribution in [0.3, 0.4) is 0 Å². The highest BCUT2D eigenvalue weighted by molar-refractivity contribution is 6.31. The third-order valence-corrected chi connectivity index (χ3v) is 7.26. The number of carbonyl (C=O) groups is 2. The first-order chi connectivity index (χ1) is 20.1. The lowest BCUT2D eigenvalue weighted by molar-refractivity contribution is -0.127. The highest BCUT2D eigenvalue weighted by Crippen LogP contribution is 2.43. The minimum atomic E-state index is -2.71. The van der Waals surface area contributed by atoms with Gasteiger partial charge in [-0.1, -0.05) is 60.1 Å². The number of ether oxygens (including phenoxy) is 3. The summed E-state index contributed by atoms with van der Waals surface area (Å²) in [4.78, 5) is 30.7. The van der Waals surface area contributed by atoms with Crippen molar-refractivity contribution in [1.82, 2.24) is 15.1 Å². The van der Waals surface area contributed by atoms with E-state index in [1.807, 2.05) is 48.5 Å². The molecule has 1 heterocycles. The third-order valence-electron chi connectivity index (χ3n) is 6.89. The summed E-state index contributed by atoms with van der Waals surface area (Å²) in [6.07, 6.45) is -2.71. The molecule has 222 valence electrons. The molecule has 0 radical (unpaired) electrons. The topological polar surface area (TPSA) is 80.3 Å². The van der Waals surface area contributed by atoms with Crippen LogP contribution in [-0.2, 0) is 17.9 Å². The van der Waals surface area contributed by atoms with Crippen molar-refractivity contribution in [3.63, 3.8) is 0 Å². The molecule has 1 aliphatic heterocycles. The van der Waals surface area contributed by atoms with Gasteiger partial charge >= 0.3 is 6.03 Å². The van der Waals surface area contributed by atoms with Crippen LogP contribution in [0.4, 0.5) is 13.6 Å². The first-order valence-electron chi connectivity index (χ1n) is 13.1. The lowest BCUT2D eigenvalue weighted by Gasteiger charge is -2.37. The zero-order valence-corrected chi connectivity index (χ0v) is 24.5. The number of benzene rings is 3. The predicted molar refractivity (Wildman–Crippen MR) is 155 cm³/mol. The number of nitrogens with one attached hydrogen (secondary N) is 1. The maximum Gasteiger partial charge on any atom is 0.322 e. The van der Waals surface area contributed by atoms with Crippen molar-refractivity contribution in [3.05, 3.63) is 99.7 Å². The van der Waals surface area contributed by atoms with E-state index in [1.54, 1.807) is 20.0 Å². The highest BCUT2D eigenvalue weighted by atomic mass is 35.5. The Labute approximate surface area is 248 Å². The maximum absolute atomic E-state index is 14.1. The number of methoxy groups -OCH3 is 2. The van der Waals surface area contributed by atoms with Crippen molar-refractivity contribution in [2.45, 2.75) is 32.5 Å². The molecule has 1 unspecified atom stereocenters. The van der Waals surface area contributed by atoms with Gasteiger partial charge < -0.3 is 24.4 Å². The van der Waals surface area contributed by atoms with E-state index in [0.29, 0.717) is 21.9 Å². The van der Waals surface area contributed by atoms with E-state index < -0.39 is 25.1 Å². The summed E-state index contributed by atoms with van der Waals surface area (Å²) >= 11 is 6.37. The number of hydrogen-bond acceptors (Lipinski definition) is 5. The Hall–Kier alpha value is -4.31. The fraction of sp³-hybridized carbons (Fsp3) is 0.290. The van der Waals surface area contributed by atoms with E-state index in [4.69, 9.17) is 25.8 Å². The van der Waals surface area contributed by atoms with E-state index in [-0.39, 0.29) is 36.2 Å². The summed E-state index contributed by atoms with van der Waals surface area (Å²) in [5.74, 6) is -0.132. The van der Waals surface area contributed by atoms with Crippen LogP contribution >= 0.6 is 11.6 Å². The van der Waals surface area contributed by atoms with Crippen LogP contribution in [0.2, 0.25) is 5.02 Å². The number of likely N-dealkylation sites (N-methyl/N-ethyl adjacent to an activating group) is 1. The second-order valence-corrected chi connectivity index (χ2v) is 10.1. The van der Waals surface area contributed by atoms with Crippen LogP contribution in [0.1, 0.15) is 29.7 Å². The van der Waals surface area contributed by atoms with Crippen molar-refractivity contribution < 1.29 is 32.6 Å². The number of alkyl halides is 2. The zero-order valence-electron chi connectivity index (χ0n) is 23.7. The van der Waals surface area contributed by atoms with Gasteiger partial charge in [-0.3, -0.25) is 9.69 Å². The summed E-state index contributed by atoms with van der Waals surface area (Å²) in [6, 6.07) is 18.4. The molecule has 0 bridgehead atoms. The summed E-state index contributed by atoms with van der Waals surface area (Å²) in [5.41, 5.74) is 2.85. The van der Waals surface area contributed by atoms with Gasteiger partial charge in [-0.05, 0) is 41.8 Å². The molecule has 42 heavy (non-hydrogen) atoms.